The van der Waals surface area contributed by atoms with Crippen LogP contribution in [0.1, 0.15) is 12.5 Å². The lowest BCUT2D eigenvalue weighted by molar-refractivity contribution is -0.143. The number of benzene rings is 3. The molecule has 1 atom stereocenters. The predicted molar refractivity (Wildman–Crippen MR) is 104 cm³/mol. The maximum Gasteiger partial charge on any atom is 0.328 e. The van der Waals surface area contributed by atoms with Gasteiger partial charge in [0.25, 0.3) is 0 Å². The molecule has 0 radical (unpaired) electrons. The highest BCUT2D eigenvalue weighted by molar-refractivity contribution is 7.79. The van der Waals surface area contributed by atoms with E-state index in [4.69, 9.17) is 5.73 Å². The van der Waals surface area contributed by atoms with Crippen LogP contribution < -0.4 is 21.6 Å². The summed E-state index contributed by atoms with van der Waals surface area (Å²) in [7, 11) is -0.698. The van der Waals surface area contributed by atoms with E-state index >= 15 is 0 Å². The number of hydrogen-bond donors (Lipinski definition) is 2. The fraction of sp³-hybridized carbons (Fsp3) is 0.0952. The van der Waals surface area contributed by atoms with E-state index < -0.39 is 19.4 Å². The molecule has 25 heavy (non-hydrogen) atoms. The zero-order chi connectivity index (χ0) is 17.9. The molecule has 0 aliphatic heterocycles. The third-order valence-corrected chi connectivity index (χ3v) is 6.64. The van der Waals surface area contributed by atoms with Crippen LogP contribution >= 0.6 is 7.92 Å². The monoisotopic (exact) mass is 349 g/mol. The van der Waals surface area contributed by atoms with Crippen molar-refractivity contribution in [2.24, 2.45) is 5.73 Å². The smallest absolute Gasteiger partial charge is 0.328 e. The third-order valence-electron chi connectivity index (χ3n) is 4.20. The summed E-state index contributed by atoms with van der Waals surface area (Å²) >= 11 is 0. The van der Waals surface area contributed by atoms with Crippen molar-refractivity contribution in [2.75, 3.05) is 0 Å². The predicted octanol–water partition coefficient (Wildman–Crippen LogP) is 2.70. The quantitative estimate of drug-likeness (QED) is 0.696. The van der Waals surface area contributed by atoms with Gasteiger partial charge in [0.05, 0.1) is 0 Å². The van der Waals surface area contributed by atoms with Crippen LogP contribution in [-0.4, -0.2) is 11.1 Å². The maximum absolute atomic E-state index is 11.4. The summed E-state index contributed by atoms with van der Waals surface area (Å²) in [4.78, 5) is 11.4. The molecule has 0 amide bonds. The fourth-order valence-corrected chi connectivity index (χ4v) is 4.96. The lowest BCUT2D eigenvalue weighted by Gasteiger charge is -2.22. The zero-order valence-corrected chi connectivity index (χ0v) is 14.9. The van der Waals surface area contributed by atoms with Crippen molar-refractivity contribution in [2.45, 2.75) is 12.5 Å². The number of carbonyl (C=O) groups is 1. The van der Waals surface area contributed by atoms with E-state index in [9.17, 15) is 9.90 Å². The largest absolute Gasteiger partial charge is 0.480 e. The molecule has 0 spiro atoms. The average molecular weight is 349 g/mol. The van der Waals surface area contributed by atoms with Gasteiger partial charge in [0.2, 0.25) is 0 Å². The first-order valence-corrected chi connectivity index (χ1v) is 9.37. The van der Waals surface area contributed by atoms with Crippen molar-refractivity contribution in [1.29, 1.82) is 0 Å². The second kappa shape index (κ2) is 7.18. The summed E-state index contributed by atoms with van der Waals surface area (Å²) in [6.45, 7) is 1.52. The van der Waals surface area contributed by atoms with Crippen LogP contribution in [0.3, 0.4) is 0 Å². The molecule has 3 nitrogen and oxygen atoms in total. The van der Waals surface area contributed by atoms with Crippen LogP contribution in [0, 0.1) is 0 Å². The highest BCUT2D eigenvalue weighted by Gasteiger charge is 2.30. The number of carboxylic acids is 1. The van der Waals surface area contributed by atoms with E-state index in [2.05, 4.69) is 24.3 Å². The Morgan fingerprint density at radius 1 is 0.800 bits per heavy atom. The normalized spacial score (nSPS) is 13.4. The second-order valence-electron chi connectivity index (χ2n) is 6.06. The second-order valence-corrected chi connectivity index (χ2v) is 8.28. The van der Waals surface area contributed by atoms with Gasteiger partial charge in [-0.3, -0.25) is 0 Å². The van der Waals surface area contributed by atoms with Crippen molar-refractivity contribution >= 4 is 29.8 Å². The van der Waals surface area contributed by atoms with Gasteiger partial charge in [0, 0.05) is 0 Å². The van der Waals surface area contributed by atoms with Gasteiger partial charge in [-0.25, -0.2) is 4.79 Å². The molecule has 0 saturated heterocycles. The van der Waals surface area contributed by atoms with Gasteiger partial charge < -0.3 is 10.8 Å². The van der Waals surface area contributed by atoms with Crippen LogP contribution in [0.2, 0.25) is 0 Å². The number of aliphatic carboxylic acids is 1. The molecule has 3 N–H and O–H groups in total. The first-order valence-electron chi connectivity index (χ1n) is 8.03. The van der Waals surface area contributed by atoms with Crippen LogP contribution in [0.5, 0.6) is 0 Å². The molecule has 3 rings (SSSR count). The number of rotatable bonds is 5. The molecule has 0 saturated carbocycles. The molecule has 0 aromatic heterocycles. The van der Waals surface area contributed by atoms with Crippen LogP contribution in [-0.2, 0) is 10.3 Å². The van der Waals surface area contributed by atoms with Crippen molar-refractivity contribution in [3.63, 3.8) is 0 Å². The number of nitrogens with two attached hydrogens (primary N) is 1. The lowest BCUT2D eigenvalue weighted by Crippen LogP contribution is -2.41. The van der Waals surface area contributed by atoms with Gasteiger partial charge in [0.1, 0.15) is 5.54 Å². The molecule has 0 aliphatic carbocycles. The van der Waals surface area contributed by atoms with Crippen LogP contribution in [0.4, 0.5) is 0 Å². The number of carboxylic acid groups (broad SMARTS) is 1. The summed E-state index contributed by atoms with van der Waals surface area (Å²) in [6, 6.07) is 28.4. The highest BCUT2D eigenvalue weighted by Crippen LogP contribution is 2.33. The Morgan fingerprint density at radius 3 is 1.60 bits per heavy atom. The Labute approximate surface area is 148 Å². The van der Waals surface area contributed by atoms with Crippen LogP contribution in [0.15, 0.2) is 84.9 Å². The Bertz CT molecular complexity index is 807. The first kappa shape index (κ1) is 17.3. The van der Waals surface area contributed by atoms with Crippen molar-refractivity contribution in [1.82, 2.24) is 0 Å². The van der Waals surface area contributed by atoms with E-state index in [0.29, 0.717) is 5.56 Å². The molecule has 0 aliphatic rings. The molecule has 4 heteroatoms. The third kappa shape index (κ3) is 3.63. The first-order chi connectivity index (χ1) is 12.0. The molecule has 0 heterocycles. The van der Waals surface area contributed by atoms with E-state index in [1.165, 1.54) is 17.5 Å². The minimum atomic E-state index is -1.39. The Hall–Kier alpha value is -2.48. The summed E-state index contributed by atoms with van der Waals surface area (Å²) in [5.74, 6) is -1.03. The van der Waals surface area contributed by atoms with Crippen LogP contribution in [0.25, 0.3) is 0 Å². The summed E-state index contributed by atoms with van der Waals surface area (Å²) in [6.07, 6.45) is 0. The van der Waals surface area contributed by atoms with Gasteiger partial charge in [-0.1, -0.05) is 84.9 Å². The molecule has 3 aromatic rings. The van der Waals surface area contributed by atoms with Crippen molar-refractivity contribution < 1.29 is 9.90 Å². The standard InChI is InChI=1S/C21H20NO2P/c1-21(22,20(23)24)16-12-14-19(15-13-16)25(17-8-4-2-5-9-17)18-10-6-3-7-11-18/h2-15H,22H2,1H3,(H,23,24). The molecule has 3 aromatic carbocycles. The van der Waals surface area contributed by atoms with Gasteiger partial charge >= 0.3 is 5.97 Å². The Morgan fingerprint density at radius 2 is 1.20 bits per heavy atom. The maximum atomic E-state index is 11.4. The zero-order valence-electron chi connectivity index (χ0n) is 14.0. The van der Waals surface area contributed by atoms with Gasteiger partial charge in [-0.05, 0) is 36.3 Å². The van der Waals surface area contributed by atoms with Gasteiger partial charge in [-0.15, -0.1) is 0 Å². The molecule has 0 fully saturated rings. The Kier molecular flexibility index (Phi) is 4.98. The van der Waals surface area contributed by atoms with E-state index in [0.717, 1.165) is 5.30 Å². The van der Waals surface area contributed by atoms with E-state index in [1.54, 1.807) is 0 Å². The van der Waals surface area contributed by atoms with Crippen molar-refractivity contribution in [3.8, 4) is 0 Å². The van der Waals surface area contributed by atoms with E-state index in [-0.39, 0.29) is 0 Å². The average Bonchev–Trinajstić information content (AvgIpc) is 2.64. The molecular weight excluding hydrogens is 329 g/mol. The minimum absolute atomic E-state index is 0.597. The molecular formula is C21H20NO2P. The summed E-state index contributed by atoms with van der Waals surface area (Å²) in [5.41, 5.74) is 5.14. The molecule has 1 unspecified atom stereocenters. The number of hydrogen-bond acceptors (Lipinski definition) is 2. The summed E-state index contributed by atoms with van der Waals surface area (Å²) < 4.78 is 0. The molecule has 0 bridgehead atoms. The highest BCUT2D eigenvalue weighted by atomic mass is 31.1. The lowest BCUT2D eigenvalue weighted by atomic mass is 9.94. The SMILES string of the molecule is CC(N)(C(=O)O)c1ccc(P(c2ccccc2)c2ccccc2)cc1. The Balaban J connectivity index is 2.05. The van der Waals surface area contributed by atoms with E-state index in [1.807, 2.05) is 60.7 Å². The van der Waals surface area contributed by atoms with Gasteiger partial charge in [0.15, 0.2) is 0 Å². The minimum Gasteiger partial charge on any atom is -0.480 e. The van der Waals surface area contributed by atoms with Crippen molar-refractivity contribution in [3.05, 3.63) is 90.5 Å². The van der Waals surface area contributed by atoms with Gasteiger partial charge in [-0.2, -0.15) is 0 Å². The summed E-state index contributed by atoms with van der Waals surface area (Å²) in [5, 5.41) is 13.0. The fourth-order valence-electron chi connectivity index (χ4n) is 2.68. The topological polar surface area (TPSA) is 63.3 Å². The molecule has 126 valence electrons.